The Labute approximate surface area is 210 Å². The number of halogens is 1. The van der Waals surface area contributed by atoms with Gasteiger partial charge in [0.1, 0.15) is 21.4 Å². The average molecular weight is 506 g/mol. The van der Waals surface area contributed by atoms with Gasteiger partial charge in [0, 0.05) is 12.2 Å². The molecule has 0 saturated heterocycles. The topological polar surface area (TPSA) is 72.5 Å². The van der Waals surface area contributed by atoms with Gasteiger partial charge in [0.05, 0.1) is 17.1 Å². The standard InChI is InChI=1S/C28H40FNO4S/c1-2-3-22-35(32,33)23-12-10-8-6-4-5-7-9-11-21-30-26-17-13-24(14-18-26)28(31)34-27-19-15-25(29)16-20-27/h13-20,30H,2-12,21-23H2,1H3. The molecule has 7 heteroatoms. The van der Waals surface area contributed by atoms with Gasteiger partial charge < -0.3 is 10.1 Å². The number of hydrogen-bond donors (Lipinski definition) is 1. The third-order valence-electron chi connectivity index (χ3n) is 5.91. The smallest absolute Gasteiger partial charge is 0.343 e. The summed E-state index contributed by atoms with van der Waals surface area (Å²) in [6, 6.07) is 12.5. The van der Waals surface area contributed by atoms with Crippen LogP contribution < -0.4 is 10.1 Å². The fourth-order valence-corrected chi connectivity index (χ4v) is 5.35. The molecule has 0 amide bonds. The Balaban J connectivity index is 1.47. The van der Waals surface area contributed by atoms with Crippen LogP contribution in [0.25, 0.3) is 0 Å². The van der Waals surface area contributed by atoms with Gasteiger partial charge in [-0.15, -0.1) is 0 Å². The van der Waals surface area contributed by atoms with Gasteiger partial charge in [0.15, 0.2) is 0 Å². The van der Waals surface area contributed by atoms with Crippen LogP contribution in [0.15, 0.2) is 48.5 Å². The number of ether oxygens (including phenoxy) is 1. The number of benzene rings is 2. The summed E-state index contributed by atoms with van der Waals surface area (Å²) in [5.74, 6) is 0.159. The van der Waals surface area contributed by atoms with Crippen LogP contribution in [0.2, 0.25) is 0 Å². The SMILES string of the molecule is CCCCS(=O)(=O)CCCCCCCCCCCNc1ccc(C(=O)Oc2ccc(F)cc2)cc1. The van der Waals surface area contributed by atoms with Crippen molar-refractivity contribution in [1.29, 1.82) is 0 Å². The zero-order valence-electron chi connectivity index (χ0n) is 20.9. The summed E-state index contributed by atoms with van der Waals surface area (Å²) >= 11 is 0. The molecule has 0 radical (unpaired) electrons. The molecule has 0 aromatic heterocycles. The zero-order chi connectivity index (χ0) is 25.4. The fourth-order valence-electron chi connectivity index (χ4n) is 3.78. The highest BCUT2D eigenvalue weighted by Gasteiger charge is 2.10. The lowest BCUT2D eigenvalue weighted by molar-refractivity contribution is 0.0734. The van der Waals surface area contributed by atoms with E-state index in [0.29, 0.717) is 22.8 Å². The summed E-state index contributed by atoms with van der Waals surface area (Å²) in [5, 5.41) is 3.37. The van der Waals surface area contributed by atoms with Crippen molar-refractivity contribution in [3.8, 4) is 5.75 Å². The molecule has 5 nitrogen and oxygen atoms in total. The van der Waals surface area contributed by atoms with Crippen molar-refractivity contribution >= 4 is 21.5 Å². The van der Waals surface area contributed by atoms with Gasteiger partial charge in [0.2, 0.25) is 0 Å². The van der Waals surface area contributed by atoms with E-state index in [1.807, 2.05) is 19.1 Å². The van der Waals surface area contributed by atoms with Crippen molar-refractivity contribution < 1.29 is 22.3 Å². The third kappa shape index (κ3) is 12.7. The van der Waals surface area contributed by atoms with Gasteiger partial charge in [-0.25, -0.2) is 17.6 Å². The molecule has 0 aliphatic carbocycles. The van der Waals surface area contributed by atoms with Gasteiger partial charge in [0.25, 0.3) is 0 Å². The summed E-state index contributed by atoms with van der Waals surface area (Å²) in [5.41, 5.74) is 1.40. The number of nitrogens with one attached hydrogen (secondary N) is 1. The van der Waals surface area contributed by atoms with Crippen LogP contribution in [0.5, 0.6) is 5.75 Å². The van der Waals surface area contributed by atoms with Crippen molar-refractivity contribution in [2.75, 3.05) is 23.4 Å². The second kappa shape index (κ2) is 16.3. The van der Waals surface area contributed by atoms with Crippen molar-refractivity contribution in [3.63, 3.8) is 0 Å². The first-order valence-corrected chi connectivity index (χ1v) is 14.7. The minimum absolute atomic E-state index is 0.312. The molecule has 0 fully saturated rings. The van der Waals surface area contributed by atoms with Crippen LogP contribution in [0.3, 0.4) is 0 Å². The highest BCUT2D eigenvalue weighted by atomic mass is 32.2. The first-order valence-electron chi connectivity index (χ1n) is 12.9. The monoisotopic (exact) mass is 505 g/mol. The molecule has 0 bridgehead atoms. The van der Waals surface area contributed by atoms with E-state index >= 15 is 0 Å². The maximum absolute atomic E-state index is 12.9. The van der Waals surface area contributed by atoms with E-state index < -0.39 is 15.8 Å². The molecule has 1 N–H and O–H groups in total. The second-order valence-electron chi connectivity index (χ2n) is 9.03. The fraction of sp³-hybridized carbons (Fsp3) is 0.536. The minimum atomic E-state index is -2.83. The molecular weight excluding hydrogens is 465 g/mol. The lowest BCUT2D eigenvalue weighted by atomic mass is 10.1. The largest absolute Gasteiger partial charge is 0.423 e. The molecule has 2 rings (SSSR count). The quantitative estimate of drug-likeness (QED) is 0.132. The van der Waals surface area contributed by atoms with E-state index in [2.05, 4.69) is 5.32 Å². The molecule has 0 spiro atoms. The Morgan fingerprint density at radius 2 is 1.31 bits per heavy atom. The first-order chi connectivity index (χ1) is 16.9. The minimum Gasteiger partial charge on any atom is -0.423 e. The molecule has 0 atom stereocenters. The Morgan fingerprint density at radius 3 is 1.91 bits per heavy atom. The van der Waals surface area contributed by atoms with Crippen molar-refractivity contribution in [2.45, 2.75) is 77.6 Å². The van der Waals surface area contributed by atoms with Gasteiger partial charge >= 0.3 is 5.97 Å². The average Bonchev–Trinajstić information content (AvgIpc) is 2.85. The summed E-state index contributed by atoms with van der Waals surface area (Å²) in [6.45, 7) is 2.90. The van der Waals surface area contributed by atoms with E-state index in [1.165, 1.54) is 56.4 Å². The first kappa shape index (κ1) is 28.8. The molecule has 35 heavy (non-hydrogen) atoms. The van der Waals surface area contributed by atoms with Crippen LogP contribution in [0.1, 0.15) is 87.9 Å². The predicted octanol–water partition coefficient (Wildman–Crippen LogP) is 7.18. The summed E-state index contributed by atoms with van der Waals surface area (Å²) < 4.78 is 41.8. The number of esters is 1. The predicted molar refractivity (Wildman–Crippen MR) is 141 cm³/mol. The van der Waals surface area contributed by atoms with Crippen molar-refractivity contribution in [2.24, 2.45) is 0 Å². The number of rotatable bonds is 18. The lowest BCUT2D eigenvalue weighted by Crippen LogP contribution is -2.10. The summed E-state index contributed by atoms with van der Waals surface area (Å²) in [7, 11) is -2.83. The number of hydrogen-bond acceptors (Lipinski definition) is 5. The van der Waals surface area contributed by atoms with Crippen LogP contribution in [0.4, 0.5) is 10.1 Å². The number of unbranched alkanes of at least 4 members (excludes halogenated alkanes) is 9. The normalized spacial score (nSPS) is 11.4. The highest BCUT2D eigenvalue weighted by molar-refractivity contribution is 7.91. The van der Waals surface area contributed by atoms with Crippen LogP contribution >= 0.6 is 0 Å². The molecule has 0 aliphatic heterocycles. The molecule has 2 aromatic carbocycles. The molecule has 0 saturated carbocycles. The van der Waals surface area contributed by atoms with Gasteiger partial charge in [-0.3, -0.25) is 0 Å². The van der Waals surface area contributed by atoms with Crippen LogP contribution in [0, 0.1) is 5.82 Å². The lowest BCUT2D eigenvalue weighted by Gasteiger charge is -2.08. The number of carbonyl (C=O) groups excluding carboxylic acids is 1. The Hall–Kier alpha value is -2.41. The van der Waals surface area contributed by atoms with Crippen molar-refractivity contribution in [3.05, 3.63) is 59.9 Å². The van der Waals surface area contributed by atoms with E-state index in [4.69, 9.17) is 4.74 Å². The number of carbonyl (C=O) groups is 1. The van der Waals surface area contributed by atoms with Gasteiger partial charge in [-0.05, 0) is 67.8 Å². The van der Waals surface area contributed by atoms with E-state index in [-0.39, 0.29) is 5.82 Å². The second-order valence-corrected chi connectivity index (χ2v) is 11.3. The Morgan fingerprint density at radius 1 is 0.771 bits per heavy atom. The molecular formula is C28H40FNO4S. The third-order valence-corrected chi connectivity index (χ3v) is 7.74. The summed E-state index contributed by atoms with van der Waals surface area (Å²) in [4.78, 5) is 12.2. The van der Waals surface area contributed by atoms with E-state index in [9.17, 15) is 17.6 Å². The number of anilines is 1. The maximum atomic E-state index is 12.9. The Bertz CT molecular complexity index is 959. The van der Waals surface area contributed by atoms with Gasteiger partial charge in [-0.1, -0.05) is 58.3 Å². The maximum Gasteiger partial charge on any atom is 0.343 e. The summed E-state index contributed by atoms with van der Waals surface area (Å²) in [6.07, 6.45) is 11.7. The van der Waals surface area contributed by atoms with Gasteiger partial charge in [-0.2, -0.15) is 0 Å². The molecule has 0 heterocycles. The van der Waals surface area contributed by atoms with E-state index in [0.717, 1.165) is 50.8 Å². The highest BCUT2D eigenvalue weighted by Crippen LogP contribution is 2.16. The van der Waals surface area contributed by atoms with Crippen LogP contribution in [-0.4, -0.2) is 32.4 Å². The Kier molecular flexibility index (Phi) is 13.4. The molecule has 194 valence electrons. The number of sulfone groups is 1. The molecule has 2 aromatic rings. The van der Waals surface area contributed by atoms with E-state index in [1.54, 1.807) is 12.1 Å². The zero-order valence-corrected chi connectivity index (χ0v) is 21.8. The molecule has 0 unspecified atom stereocenters. The van der Waals surface area contributed by atoms with Crippen LogP contribution in [-0.2, 0) is 9.84 Å². The molecule has 0 aliphatic rings. The van der Waals surface area contributed by atoms with Crippen molar-refractivity contribution in [1.82, 2.24) is 0 Å².